The van der Waals surface area contributed by atoms with Gasteiger partial charge in [0.05, 0.1) is 6.61 Å². The number of benzene rings is 1. The van der Waals surface area contributed by atoms with E-state index in [0.29, 0.717) is 18.4 Å². The van der Waals surface area contributed by atoms with E-state index in [0.717, 1.165) is 31.4 Å². The Morgan fingerprint density at radius 1 is 1.16 bits per heavy atom. The minimum atomic E-state index is -0.393. The highest BCUT2D eigenvalue weighted by Crippen LogP contribution is 2.28. The largest absolute Gasteiger partial charge is 0.449 e. The molecule has 1 fully saturated rings. The van der Waals surface area contributed by atoms with Crippen LogP contribution in [-0.4, -0.2) is 24.4 Å². The topological polar surface area (TPSA) is 58.6 Å². The van der Waals surface area contributed by atoms with Crippen molar-refractivity contribution in [2.24, 2.45) is 11.8 Å². The van der Waals surface area contributed by atoms with Crippen molar-refractivity contribution in [2.75, 3.05) is 18.5 Å². The first-order chi connectivity index (χ1) is 9.28. The Hall–Kier alpha value is -1.55. The van der Waals surface area contributed by atoms with E-state index in [4.69, 9.17) is 9.84 Å². The number of anilines is 1. The maximum atomic E-state index is 11.6. The zero-order valence-electron chi connectivity index (χ0n) is 11.0. The minimum Gasteiger partial charge on any atom is -0.449 e. The van der Waals surface area contributed by atoms with Gasteiger partial charge in [0, 0.05) is 12.3 Å². The van der Waals surface area contributed by atoms with Crippen LogP contribution in [0, 0.1) is 11.8 Å². The first kappa shape index (κ1) is 13.9. The molecular formula is C15H21NO3. The summed E-state index contributed by atoms with van der Waals surface area (Å²) in [6.07, 6.45) is 3.74. The van der Waals surface area contributed by atoms with Gasteiger partial charge >= 0.3 is 6.09 Å². The maximum absolute atomic E-state index is 11.6. The molecule has 1 aliphatic carbocycles. The van der Waals surface area contributed by atoms with Crippen LogP contribution in [-0.2, 0) is 4.74 Å². The number of para-hydroxylation sites is 1. The van der Waals surface area contributed by atoms with Crippen LogP contribution in [0.15, 0.2) is 30.3 Å². The molecule has 1 aromatic rings. The average Bonchev–Trinajstić information content (AvgIpc) is 2.47. The number of hydrogen-bond donors (Lipinski definition) is 2. The monoisotopic (exact) mass is 263 g/mol. The second-order valence-electron chi connectivity index (χ2n) is 5.16. The number of rotatable bonds is 4. The molecule has 0 atom stereocenters. The molecule has 0 spiro atoms. The third kappa shape index (κ3) is 4.56. The van der Waals surface area contributed by atoms with Gasteiger partial charge < -0.3 is 9.84 Å². The molecule has 0 aromatic heterocycles. The fourth-order valence-electron chi connectivity index (χ4n) is 2.45. The Morgan fingerprint density at radius 3 is 2.42 bits per heavy atom. The molecule has 1 amide bonds. The zero-order chi connectivity index (χ0) is 13.5. The molecule has 2 N–H and O–H groups in total. The van der Waals surface area contributed by atoms with Gasteiger partial charge in [0.25, 0.3) is 0 Å². The smallest absolute Gasteiger partial charge is 0.411 e. The summed E-state index contributed by atoms with van der Waals surface area (Å²) in [4.78, 5) is 11.6. The summed E-state index contributed by atoms with van der Waals surface area (Å²) in [6, 6.07) is 9.29. The molecule has 0 bridgehead atoms. The second-order valence-corrected chi connectivity index (χ2v) is 5.16. The molecule has 1 saturated carbocycles. The molecule has 19 heavy (non-hydrogen) atoms. The summed E-state index contributed by atoms with van der Waals surface area (Å²) in [5.74, 6) is 0.874. The number of aliphatic hydroxyl groups excluding tert-OH is 1. The number of aliphatic hydroxyl groups is 1. The number of amides is 1. The molecule has 1 aromatic carbocycles. The number of ether oxygens (including phenoxy) is 1. The van der Waals surface area contributed by atoms with Crippen LogP contribution in [0.4, 0.5) is 10.5 Å². The predicted molar refractivity (Wildman–Crippen MR) is 73.9 cm³/mol. The Kier molecular flexibility index (Phi) is 5.21. The zero-order valence-corrected chi connectivity index (χ0v) is 11.0. The summed E-state index contributed by atoms with van der Waals surface area (Å²) in [5, 5.41) is 11.8. The lowest BCUT2D eigenvalue weighted by molar-refractivity contribution is 0.107. The van der Waals surface area contributed by atoms with Crippen molar-refractivity contribution in [3.8, 4) is 0 Å². The van der Waals surface area contributed by atoms with Crippen LogP contribution < -0.4 is 5.32 Å². The van der Waals surface area contributed by atoms with E-state index < -0.39 is 6.09 Å². The molecule has 0 saturated heterocycles. The first-order valence-corrected chi connectivity index (χ1v) is 6.87. The van der Waals surface area contributed by atoms with E-state index in [1.807, 2.05) is 30.3 Å². The molecule has 1 aliphatic rings. The lowest BCUT2D eigenvalue weighted by Gasteiger charge is -2.26. The van der Waals surface area contributed by atoms with Crippen LogP contribution in [0.25, 0.3) is 0 Å². The lowest BCUT2D eigenvalue weighted by Crippen LogP contribution is -2.23. The minimum absolute atomic E-state index is 0.280. The number of nitrogens with one attached hydrogen (secondary N) is 1. The first-order valence-electron chi connectivity index (χ1n) is 6.87. The van der Waals surface area contributed by atoms with Crippen LogP contribution in [0.1, 0.15) is 25.7 Å². The van der Waals surface area contributed by atoms with E-state index in [9.17, 15) is 4.79 Å². The molecule has 4 nitrogen and oxygen atoms in total. The van der Waals surface area contributed by atoms with Crippen molar-refractivity contribution in [1.29, 1.82) is 0 Å². The highest BCUT2D eigenvalue weighted by molar-refractivity contribution is 5.84. The van der Waals surface area contributed by atoms with Gasteiger partial charge in [0.1, 0.15) is 0 Å². The Balaban J connectivity index is 1.67. The highest BCUT2D eigenvalue weighted by atomic mass is 16.5. The lowest BCUT2D eigenvalue weighted by atomic mass is 9.83. The molecule has 0 heterocycles. The maximum Gasteiger partial charge on any atom is 0.411 e. The third-order valence-corrected chi connectivity index (χ3v) is 3.69. The number of hydrogen-bond acceptors (Lipinski definition) is 3. The van der Waals surface area contributed by atoms with Gasteiger partial charge in [-0.25, -0.2) is 4.79 Å². The van der Waals surface area contributed by atoms with Crippen molar-refractivity contribution in [1.82, 2.24) is 0 Å². The molecule has 0 aliphatic heterocycles. The van der Waals surface area contributed by atoms with Crippen LogP contribution in [0.2, 0.25) is 0 Å². The van der Waals surface area contributed by atoms with E-state index in [-0.39, 0.29) is 6.61 Å². The molecule has 4 heteroatoms. The van der Waals surface area contributed by atoms with Crippen molar-refractivity contribution in [3.63, 3.8) is 0 Å². The molecule has 0 radical (unpaired) electrons. The number of carbonyl (C=O) groups excluding carboxylic acids is 1. The molecular weight excluding hydrogens is 242 g/mol. The van der Waals surface area contributed by atoms with E-state index in [2.05, 4.69) is 5.32 Å². The van der Waals surface area contributed by atoms with Crippen LogP contribution in [0.3, 0.4) is 0 Å². The average molecular weight is 263 g/mol. The summed E-state index contributed by atoms with van der Waals surface area (Å²) in [6.45, 7) is 0.749. The van der Waals surface area contributed by atoms with Gasteiger partial charge in [0.15, 0.2) is 0 Å². The van der Waals surface area contributed by atoms with Gasteiger partial charge in [-0.15, -0.1) is 0 Å². The number of carbonyl (C=O) groups is 1. The quantitative estimate of drug-likeness (QED) is 0.877. The van der Waals surface area contributed by atoms with Crippen molar-refractivity contribution >= 4 is 11.8 Å². The Bertz CT molecular complexity index is 386. The van der Waals surface area contributed by atoms with Gasteiger partial charge in [-0.3, -0.25) is 5.32 Å². The fraction of sp³-hybridized carbons (Fsp3) is 0.533. The normalized spacial score (nSPS) is 22.8. The van der Waals surface area contributed by atoms with Crippen molar-refractivity contribution in [2.45, 2.75) is 25.7 Å². The fourth-order valence-corrected chi connectivity index (χ4v) is 2.45. The Morgan fingerprint density at radius 2 is 1.79 bits per heavy atom. The van der Waals surface area contributed by atoms with Gasteiger partial charge in [0.2, 0.25) is 0 Å². The van der Waals surface area contributed by atoms with Crippen LogP contribution >= 0.6 is 0 Å². The van der Waals surface area contributed by atoms with E-state index >= 15 is 0 Å². The van der Waals surface area contributed by atoms with Gasteiger partial charge in [-0.05, 0) is 49.7 Å². The molecule has 2 rings (SSSR count). The predicted octanol–water partition coefficient (Wildman–Crippen LogP) is 3.03. The van der Waals surface area contributed by atoms with E-state index in [1.54, 1.807) is 0 Å². The standard InChI is InChI=1S/C15H21NO3/c17-10-12-6-8-13(9-7-12)11-19-15(18)16-14-4-2-1-3-5-14/h1-5,12-13,17H,6-11H2,(H,16,18). The third-order valence-electron chi connectivity index (χ3n) is 3.69. The summed E-state index contributed by atoms with van der Waals surface area (Å²) >= 11 is 0. The van der Waals surface area contributed by atoms with Gasteiger partial charge in [-0.1, -0.05) is 18.2 Å². The summed E-state index contributed by atoms with van der Waals surface area (Å²) in [7, 11) is 0. The van der Waals surface area contributed by atoms with Crippen LogP contribution in [0.5, 0.6) is 0 Å². The second kappa shape index (κ2) is 7.14. The Labute approximate surface area is 113 Å². The SMILES string of the molecule is O=C(Nc1ccccc1)OCC1CCC(CO)CC1. The summed E-state index contributed by atoms with van der Waals surface area (Å²) in [5.41, 5.74) is 0.747. The highest BCUT2D eigenvalue weighted by Gasteiger charge is 2.21. The van der Waals surface area contributed by atoms with Crippen molar-refractivity contribution in [3.05, 3.63) is 30.3 Å². The van der Waals surface area contributed by atoms with E-state index in [1.165, 1.54) is 0 Å². The molecule has 104 valence electrons. The summed E-state index contributed by atoms with van der Waals surface area (Å²) < 4.78 is 5.24. The van der Waals surface area contributed by atoms with Crippen molar-refractivity contribution < 1.29 is 14.6 Å². The molecule has 0 unspecified atom stereocenters. The van der Waals surface area contributed by atoms with Gasteiger partial charge in [-0.2, -0.15) is 0 Å².